The second kappa shape index (κ2) is 14.5. The van der Waals surface area contributed by atoms with Crippen LogP contribution >= 0.6 is 35.3 Å². The molecular weight excluding hydrogens is 276 g/mol. The Kier molecular flexibility index (Phi) is 15.3. The van der Waals surface area contributed by atoms with E-state index >= 15 is 0 Å². The normalized spacial score (nSPS) is 13.2. The first-order valence-electron chi connectivity index (χ1n) is 7.36. The lowest BCUT2D eigenvalue weighted by Gasteiger charge is -2.19. The lowest BCUT2D eigenvalue weighted by Crippen LogP contribution is -2.09. The van der Waals surface area contributed by atoms with Gasteiger partial charge in [-0.05, 0) is 31.6 Å². The van der Waals surface area contributed by atoms with Crippen molar-refractivity contribution < 1.29 is 0 Å². The lowest BCUT2D eigenvalue weighted by molar-refractivity contribution is 0.566. The Hall–Kier alpha value is 1.05. The van der Waals surface area contributed by atoms with Crippen molar-refractivity contribution in [1.29, 1.82) is 0 Å². The highest BCUT2D eigenvalue weighted by Crippen LogP contribution is 2.30. The highest BCUT2D eigenvalue weighted by atomic mass is 32.2. The Bertz CT molecular complexity index is 158. The molecule has 0 aromatic rings. The van der Waals surface area contributed by atoms with Crippen molar-refractivity contribution >= 4 is 35.3 Å². The summed E-state index contributed by atoms with van der Waals surface area (Å²) in [5.41, 5.74) is 0. The Morgan fingerprint density at radius 2 is 1.28 bits per heavy atom. The van der Waals surface area contributed by atoms with E-state index in [1.165, 1.54) is 57.8 Å². The molecule has 1 unspecified atom stereocenters. The van der Waals surface area contributed by atoms with Gasteiger partial charge in [0.05, 0.1) is 4.58 Å². The largest absolute Gasteiger partial charge is 0.162 e. The minimum Gasteiger partial charge on any atom is -0.162 e. The van der Waals surface area contributed by atoms with E-state index < -0.39 is 0 Å². The van der Waals surface area contributed by atoms with Crippen LogP contribution in [0.1, 0.15) is 64.7 Å². The van der Waals surface area contributed by atoms with Gasteiger partial charge >= 0.3 is 0 Å². The molecule has 0 nitrogen and oxygen atoms in total. The molecule has 0 aliphatic rings. The van der Waals surface area contributed by atoms with Crippen LogP contribution in [0.15, 0.2) is 0 Å². The average molecular weight is 309 g/mol. The van der Waals surface area contributed by atoms with E-state index in [1.807, 2.05) is 23.5 Å². The molecule has 0 rings (SSSR count). The van der Waals surface area contributed by atoms with Crippen molar-refractivity contribution in [2.75, 3.05) is 18.8 Å². The summed E-state index contributed by atoms with van der Waals surface area (Å²) in [7, 11) is 0. The molecular formula is C15H32S3. The zero-order chi connectivity index (χ0) is 13.6. The third kappa shape index (κ3) is 10.9. The molecule has 0 spiro atoms. The Morgan fingerprint density at radius 3 is 1.78 bits per heavy atom. The van der Waals surface area contributed by atoms with Crippen LogP contribution in [-0.2, 0) is 0 Å². The van der Waals surface area contributed by atoms with Crippen LogP contribution in [0.5, 0.6) is 0 Å². The molecule has 0 fully saturated rings. The number of unbranched alkanes of at least 4 members (excludes halogenated alkanes) is 6. The molecule has 3 heteroatoms. The molecule has 18 heavy (non-hydrogen) atoms. The van der Waals surface area contributed by atoms with Crippen molar-refractivity contribution in [2.45, 2.75) is 74.5 Å². The molecule has 0 radical (unpaired) electrons. The minimum atomic E-state index is 0.798. The molecule has 0 bridgehead atoms. The number of thioether (sulfide) groups is 3. The fourth-order valence-electron chi connectivity index (χ4n) is 2.16. The zero-order valence-corrected chi connectivity index (χ0v) is 15.2. The fraction of sp³-hybridized carbons (Fsp3) is 1.00. The van der Waals surface area contributed by atoms with Crippen LogP contribution in [0, 0.1) is 0 Å². The number of hydrogen-bond acceptors (Lipinski definition) is 3. The molecule has 0 aliphatic carbocycles. The third-order valence-electron chi connectivity index (χ3n) is 3.44. The quantitative estimate of drug-likeness (QED) is 0.289. The molecule has 110 valence electrons. The van der Waals surface area contributed by atoms with Crippen LogP contribution in [-0.4, -0.2) is 28.6 Å². The highest BCUT2D eigenvalue weighted by molar-refractivity contribution is 8.16. The molecule has 0 saturated carbocycles. The lowest BCUT2D eigenvalue weighted by atomic mass is 10.1. The Labute approximate surface area is 128 Å². The van der Waals surface area contributed by atoms with Gasteiger partial charge in [-0.15, -0.1) is 0 Å². The number of rotatable bonds is 13. The van der Waals surface area contributed by atoms with Crippen molar-refractivity contribution in [3.05, 3.63) is 0 Å². The van der Waals surface area contributed by atoms with E-state index in [-0.39, 0.29) is 0 Å². The van der Waals surface area contributed by atoms with E-state index in [4.69, 9.17) is 0 Å². The SMILES string of the molecule is CCCCCCCCCC(CC(SC)SC)SC. The first-order valence-corrected chi connectivity index (χ1v) is 11.2. The summed E-state index contributed by atoms with van der Waals surface area (Å²) < 4.78 is 0.798. The van der Waals surface area contributed by atoms with Gasteiger partial charge in [0.25, 0.3) is 0 Å². The third-order valence-corrected chi connectivity index (χ3v) is 7.13. The van der Waals surface area contributed by atoms with Crippen LogP contribution in [0.2, 0.25) is 0 Å². The highest BCUT2D eigenvalue weighted by Gasteiger charge is 2.13. The van der Waals surface area contributed by atoms with Crippen molar-refractivity contribution in [1.82, 2.24) is 0 Å². The van der Waals surface area contributed by atoms with E-state index in [0.717, 1.165) is 9.83 Å². The maximum Gasteiger partial charge on any atom is 0.0507 e. The summed E-state index contributed by atoms with van der Waals surface area (Å²) >= 11 is 6.11. The summed E-state index contributed by atoms with van der Waals surface area (Å²) in [6, 6.07) is 0. The van der Waals surface area contributed by atoms with E-state index in [2.05, 4.69) is 37.5 Å². The van der Waals surface area contributed by atoms with Crippen LogP contribution in [0.4, 0.5) is 0 Å². The van der Waals surface area contributed by atoms with Crippen molar-refractivity contribution in [3.63, 3.8) is 0 Å². The summed E-state index contributed by atoms with van der Waals surface area (Å²) in [5.74, 6) is 0. The van der Waals surface area contributed by atoms with Crippen molar-refractivity contribution in [2.24, 2.45) is 0 Å². The standard InChI is InChI=1S/C15H32S3/c1-5-6-7-8-9-10-11-12-14(16-2)13-15(17-3)18-4/h14-15H,5-13H2,1-4H3. The summed E-state index contributed by atoms with van der Waals surface area (Å²) in [6.45, 7) is 2.29. The maximum atomic E-state index is 2.29. The average Bonchev–Trinajstić information content (AvgIpc) is 2.41. The van der Waals surface area contributed by atoms with Crippen LogP contribution < -0.4 is 0 Å². The van der Waals surface area contributed by atoms with Crippen molar-refractivity contribution in [3.8, 4) is 0 Å². The molecule has 0 aromatic heterocycles. The second-order valence-corrected chi connectivity index (χ2v) is 8.42. The molecule has 0 aromatic carbocycles. The topological polar surface area (TPSA) is 0 Å². The van der Waals surface area contributed by atoms with Gasteiger partial charge in [-0.3, -0.25) is 0 Å². The molecule has 0 aliphatic heterocycles. The van der Waals surface area contributed by atoms with E-state index in [1.54, 1.807) is 0 Å². The Balaban J connectivity index is 3.49. The van der Waals surface area contributed by atoms with Gasteiger partial charge in [0.2, 0.25) is 0 Å². The van der Waals surface area contributed by atoms with E-state index in [9.17, 15) is 0 Å². The molecule has 0 amide bonds. The maximum absolute atomic E-state index is 2.29. The zero-order valence-electron chi connectivity index (χ0n) is 12.7. The summed E-state index contributed by atoms with van der Waals surface area (Å²) in [6.07, 6.45) is 19.6. The molecule has 0 heterocycles. The predicted molar refractivity (Wildman–Crippen MR) is 95.3 cm³/mol. The molecule has 0 saturated heterocycles. The first kappa shape index (κ1) is 19.1. The van der Waals surface area contributed by atoms with Crippen LogP contribution in [0.3, 0.4) is 0 Å². The van der Waals surface area contributed by atoms with Gasteiger partial charge in [-0.25, -0.2) is 0 Å². The summed E-state index contributed by atoms with van der Waals surface area (Å²) in [4.78, 5) is 0. The van der Waals surface area contributed by atoms with Gasteiger partial charge < -0.3 is 0 Å². The first-order chi connectivity index (χ1) is 8.78. The molecule has 0 N–H and O–H groups in total. The minimum absolute atomic E-state index is 0.798. The van der Waals surface area contributed by atoms with Gasteiger partial charge in [0.15, 0.2) is 0 Å². The van der Waals surface area contributed by atoms with Gasteiger partial charge in [0, 0.05) is 5.25 Å². The fourth-order valence-corrected chi connectivity index (χ4v) is 4.81. The van der Waals surface area contributed by atoms with Gasteiger partial charge in [-0.1, -0.05) is 51.9 Å². The number of hydrogen-bond donors (Lipinski definition) is 0. The van der Waals surface area contributed by atoms with Gasteiger partial charge in [0.1, 0.15) is 0 Å². The second-order valence-electron chi connectivity index (χ2n) is 4.90. The van der Waals surface area contributed by atoms with Crippen LogP contribution in [0.25, 0.3) is 0 Å². The predicted octanol–water partition coefficient (Wildman–Crippen LogP) is 6.30. The molecule has 1 atom stereocenters. The summed E-state index contributed by atoms with van der Waals surface area (Å²) in [5, 5.41) is 0.880. The van der Waals surface area contributed by atoms with E-state index in [0.29, 0.717) is 0 Å². The monoisotopic (exact) mass is 308 g/mol. The smallest absolute Gasteiger partial charge is 0.0507 e. The van der Waals surface area contributed by atoms with Gasteiger partial charge in [-0.2, -0.15) is 35.3 Å². The Morgan fingerprint density at radius 1 is 0.722 bits per heavy atom.